The molecule has 0 fully saturated rings. The van der Waals surface area contributed by atoms with Gasteiger partial charge in [0.15, 0.2) is 6.10 Å². The first kappa shape index (κ1) is 52.1. The van der Waals surface area contributed by atoms with Gasteiger partial charge in [-0.05, 0) is 32.1 Å². The highest BCUT2D eigenvalue weighted by Crippen LogP contribution is 2.13. The Morgan fingerprint density at radius 1 is 0.400 bits per heavy atom. The maximum absolute atomic E-state index is 12.6. The molecule has 6 nitrogen and oxygen atoms in total. The molecular formula is C49H84O6. The smallest absolute Gasteiger partial charge is 0.331 e. The van der Waals surface area contributed by atoms with Crippen molar-refractivity contribution < 1.29 is 28.6 Å². The van der Waals surface area contributed by atoms with Crippen molar-refractivity contribution in [2.75, 3.05) is 13.2 Å². The monoisotopic (exact) mass is 769 g/mol. The fourth-order valence-corrected chi connectivity index (χ4v) is 6.27. The van der Waals surface area contributed by atoms with Crippen LogP contribution in [0, 0.1) is 0 Å². The Morgan fingerprint density at radius 2 is 0.764 bits per heavy atom. The highest BCUT2D eigenvalue weighted by molar-refractivity contribution is 5.83. The molecule has 1 unspecified atom stereocenters. The van der Waals surface area contributed by atoms with Crippen molar-refractivity contribution in [1.29, 1.82) is 0 Å². The minimum absolute atomic E-state index is 0.164. The van der Waals surface area contributed by atoms with E-state index in [1.54, 1.807) is 18.2 Å². The van der Waals surface area contributed by atoms with Crippen LogP contribution < -0.4 is 0 Å². The summed E-state index contributed by atoms with van der Waals surface area (Å²) >= 11 is 0. The van der Waals surface area contributed by atoms with E-state index in [1.807, 2.05) is 18.2 Å². The van der Waals surface area contributed by atoms with Crippen molar-refractivity contribution in [3.8, 4) is 0 Å². The fraction of sp³-hybridized carbons (Fsp3) is 0.735. The second-order valence-corrected chi connectivity index (χ2v) is 15.1. The molecule has 0 radical (unpaired) electrons. The summed E-state index contributed by atoms with van der Waals surface area (Å²) in [5, 5.41) is 0. The number of hydrogen-bond acceptors (Lipinski definition) is 6. The third-order valence-electron chi connectivity index (χ3n) is 9.74. The number of carbonyl (C=O) groups excluding carboxylic acids is 3. The van der Waals surface area contributed by atoms with E-state index in [0.717, 1.165) is 38.5 Å². The van der Waals surface area contributed by atoms with Crippen LogP contribution in [0.1, 0.15) is 213 Å². The minimum atomic E-state index is -0.899. The number of allylic oxidation sites excluding steroid dienone is 8. The SMILES string of the molecule is CCCCCCCCCCC/C=C/C=C/C=C/C(=O)OC(COC(=O)/C=C/C=C/CCCCCCCCCCCCC)COC(=O)CCCCCCCCC. The van der Waals surface area contributed by atoms with E-state index in [1.165, 1.54) is 160 Å². The van der Waals surface area contributed by atoms with Crippen molar-refractivity contribution in [2.45, 2.75) is 219 Å². The van der Waals surface area contributed by atoms with Crippen molar-refractivity contribution in [3.05, 3.63) is 60.8 Å². The number of carbonyl (C=O) groups is 3. The van der Waals surface area contributed by atoms with Gasteiger partial charge in [-0.1, -0.05) is 223 Å². The highest BCUT2D eigenvalue weighted by Gasteiger charge is 2.18. The summed E-state index contributed by atoms with van der Waals surface area (Å²) in [5.74, 6) is -1.47. The molecule has 6 heteroatoms. The summed E-state index contributed by atoms with van der Waals surface area (Å²) in [6.07, 6.45) is 53.3. The molecule has 0 bridgehead atoms. The van der Waals surface area contributed by atoms with Gasteiger partial charge in [-0.3, -0.25) is 4.79 Å². The number of hydrogen-bond donors (Lipinski definition) is 0. The van der Waals surface area contributed by atoms with Crippen LogP contribution in [0.5, 0.6) is 0 Å². The van der Waals surface area contributed by atoms with Gasteiger partial charge in [0.05, 0.1) is 0 Å². The highest BCUT2D eigenvalue weighted by atomic mass is 16.6. The summed E-state index contributed by atoms with van der Waals surface area (Å²) in [5.41, 5.74) is 0. The quantitative estimate of drug-likeness (QED) is 0.0203. The van der Waals surface area contributed by atoms with Crippen LogP contribution >= 0.6 is 0 Å². The number of unbranched alkanes of at least 4 members (excludes halogenated alkanes) is 26. The second-order valence-electron chi connectivity index (χ2n) is 15.1. The molecule has 0 heterocycles. The lowest BCUT2D eigenvalue weighted by molar-refractivity contribution is -0.162. The molecule has 0 aromatic carbocycles. The zero-order valence-corrected chi connectivity index (χ0v) is 35.9. The summed E-state index contributed by atoms with van der Waals surface area (Å²) in [7, 11) is 0. The van der Waals surface area contributed by atoms with Gasteiger partial charge in [-0.25, -0.2) is 9.59 Å². The minimum Gasteiger partial charge on any atom is -0.462 e. The standard InChI is InChI=1S/C49H84O6/c1-4-7-10-13-16-18-20-22-24-26-28-30-33-36-39-42-48(51)54-45-46(44-53-47(50)41-38-35-32-15-12-9-6-3)55-49(52)43-40-37-34-31-29-27-25-23-21-19-17-14-11-8-5-2/h29,31,33-34,36-37,39-40,42-43,46H,4-28,30,32,35,38,41,44-45H2,1-3H3/b31-29+,36-33+,37-34+,42-39+,43-40+. The van der Waals surface area contributed by atoms with Gasteiger partial charge >= 0.3 is 17.9 Å². The molecule has 0 aromatic heterocycles. The summed E-state index contributed by atoms with van der Waals surface area (Å²) in [6.45, 7) is 6.35. The maximum Gasteiger partial charge on any atom is 0.331 e. The summed E-state index contributed by atoms with van der Waals surface area (Å²) in [4.78, 5) is 37.3. The molecule has 0 amide bonds. The van der Waals surface area contributed by atoms with Crippen LogP contribution in [0.2, 0.25) is 0 Å². The van der Waals surface area contributed by atoms with Gasteiger partial charge in [0.2, 0.25) is 0 Å². The lowest BCUT2D eigenvalue weighted by Crippen LogP contribution is -2.30. The van der Waals surface area contributed by atoms with Crippen molar-refractivity contribution in [1.82, 2.24) is 0 Å². The first-order chi connectivity index (χ1) is 27.0. The molecule has 316 valence electrons. The summed E-state index contributed by atoms with van der Waals surface area (Å²) in [6, 6.07) is 0. The third-order valence-corrected chi connectivity index (χ3v) is 9.74. The van der Waals surface area contributed by atoms with Gasteiger partial charge in [0.1, 0.15) is 13.2 Å². The molecule has 0 N–H and O–H groups in total. The lowest BCUT2D eigenvalue weighted by Gasteiger charge is -2.17. The number of esters is 3. The van der Waals surface area contributed by atoms with E-state index in [9.17, 15) is 14.4 Å². The molecule has 0 aliphatic heterocycles. The normalized spacial score (nSPS) is 12.6. The van der Waals surface area contributed by atoms with E-state index in [2.05, 4.69) is 32.9 Å². The van der Waals surface area contributed by atoms with Gasteiger partial charge in [0.25, 0.3) is 0 Å². The molecule has 0 saturated heterocycles. The van der Waals surface area contributed by atoms with Crippen LogP contribution in [0.4, 0.5) is 0 Å². The van der Waals surface area contributed by atoms with Crippen molar-refractivity contribution in [3.63, 3.8) is 0 Å². The van der Waals surface area contributed by atoms with Crippen LogP contribution in [0.25, 0.3) is 0 Å². The predicted molar refractivity (Wildman–Crippen MR) is 233 cm³/mol. The molecule has 1 atom stereocenters. The van der Waals surface area contributed by atoms with Gasteiger partial charge < -0.3 is 14.2 Å². The van der Waals surface area contributed by atoms with Gasteiger partial charge in [0, 0.05) is 18.6 Å². The average Bonchev–Trinajstić information content (AvgIpc) is 3.18. The molecule has 55 heavy (non-hydrogen) atoms. The molecule has 0 aliphatic carbocycles. The zero-order valence-electron chi connectivity index (χ0n) is 35.9. The third kappa shape index (κ3) is 42.1. The Labute approximate surface area is 339 Å². The van der Waals surface area contributed by atoms with Crippen LogP contribution in [0.15, 0.2) is 60.8 Å². The fourth-order valence-electron chi connectivity index (χ4n) is 6.27. The van der Waals surface area contributed by atoms with E-state index < -0.39 is 18.0 Å². The van der Waals surface area contributed by atoms with E-state index in [4.69, 9.17) is 14.2 Å². The predicted octanol–water partition coefficient (Wildman–Crippen LogP) is 14.5. The Hall–Kier alpha value is -2.89. The van der Waals surface area contributed by atoms with Crippen molar-refractivity contribution in [2.24, 2.45) is 0 Å². The molecular weight excluding hydrogens is 685 g/mol. The van der Waals surface area contributed by atoms with Crippen LogP contribution in [-0.2, 0) is 28.6 Å². The first-order valence-electron chi connectivity index (χ1n) is 22.9. The zero-order chi connectivity index (χ0) is 40.1. The Morgan fingerprint density at radius 3 is 1.25 bits per heavy atom. The Balaban J connectivity index is 4.55. The lowest BCUT2D eigenvalue weighted by atomic mass is 10.1. The van der Waals surface area contributed by atoms with Gasteiger partial charge in [-0.2, -0.15) is 0 Å². The number of ether oxygens (including phenoxy) is 3. The Kier molecular flexibility index (Phi) is 41.5. The maximum atomic E-state index is 12.6. The second kappa shape index (κ2) is 43.8. The Bertz CT molecular complexity index is 1020. The average molecular weight is 769 g/mol. The summed E-state index contributed by atoms with van der Waals surface area (Å²) < 4.78 is 16.3. The molecule has 0 aliphatic rings. The first-order valence-corrected chi connectivity index (χ1v) is 22.9. The van der Waals surface area contributed by atoms with E-state index >= 15 is 0 Å². The molecule has 0 saturated carbocycles. The largest absolute Gasteiger partial charge is 0.462 e. The van der Waals surface area contributed by atoms with E-state index in [-0.39, 0.29) is 19.2 Å². The number of rotatable bonds is 40. The van der Waals surface area contributed by atoms with Crippen LogP contribution in [0.3, 0.4) is 0 Å². The van der Waals surface area contributed by atoms with Crippen molar-refractivity contribution >= 4 is 17.9 Å². The van der Waals surface area contributed by atoms with E-state index in [0.29, 0.717) is 6.42 Å². The molecule has 0 aromatic rings. The van der Waals surface area contributed by atoms with Gasteiger partial charge in [-0.15, -0.1) is 0 Å². The molecule has 0 spiro atoms. The topological polar surface area (TPSA) is 78.9 Å². The van der Waals surface area contributed by atoms with Crippen LogP contribution in [-0.4, -0.2) is 37.2 Å². The molecule has 0 rings (SSSR count).